The molecule has 2 atom stereocenters. The summed E-state index contributed by atoms with van der Waals surface area (Å²) in [4.78, 5) is 37.7. The standard InChI is InChI=1S/C94H161NO8/c1-6-8-10-12-14-16-18-20-22-24-26-28-30-32-34-36-38-40-42-44-45-46-47-49-51-53-55-57-59-61-63-65-67-69-71-73-75-77-79-81-83-85-92(97)103-90(89-102-94(93(98)99)100-87-86-95(3,4)5)88-101-91(96)84-82-80-78-76-74-72-70-68-66-64-62-60-58-56-54-52-50-48-43-41-39-37-35-33-31-29-27-25-23-21-19-17-15-13-11-9-7-2/h8-11,14-17,20-23,26-29,32-35,38,40,44-45,90,94H,6-7,12-13,18-19,24-25,30-31,36-37,39,41-43,46-89H2,1-5H3/b10-8-,11-9-,16-14-,17-15-,22-20-,23-21-,28-26-,29-27-,34-32-,35-33-,40-38-,45-44-. The first kappa shape index (κ1) is 98.2. The second kappa shape index (κ2) is 82.8. The largest absolute Gasteiger partial charge is 0.545 e. The van der Waals surface area contributed by atoms with E-state index >= 15 is 0 Å². The van der Waals surface area contributed by atoms with Gasteiger partial charge in [-0.15, -0.1) is 0 Å². The van der Waals surface area contributed by atoms with Crippen molar-refractivity contribution in [1.82, 2.24) is 0 Å². The molecule has 0 saturated heterocycles. The molecular formula is C94H161NO8. The molecule has 0 N–H and O–H groups in total. The van der Waals surface area contributed by atoms with Gasteiger partial charge in [0.1, 0.15) is 13.2 Å². The molecular weight excluding hydrogens is 1270 g/mol. The van der Waals surface area contributed by atoms with E-state index in [-0.39, 0.29) is 32.2 Å². The van der Waals surface area contributed by atoms with Crippen LogP contribution in [0, 0.1) is 0 Å². The van der Waals surface area contributed by atoms with Crippen LogP contribution < -0.4 is 5.11 Å². The topological polar surface area (TPSA) is 111 Å². The number of hydrogen-bond acceptors (Lipinski definition) is 8. The number of carbonyl (C=O) groups is 3. The predicted octanol–water partition coefficient (Wildman–Crippen LogP) is 26.8. The van der Waals surface area contributed by atoms with Crippen LogP contribution in [0.1, 0.15) is 373 Å². The predicted molar refractivity (Wildman–Crippen MR) is 444 cm³/mol. The molecule has 0 aliphatic carbocycles. The summed E-state index contributed by atoms with van der Waals surface area (Å²) < 4.78 is 22.9. The Bertz CT molecular complexity index is 2220. The smallest absolute Gasteiger partial charge is 0.306 e. The second-order valence-electron chi connectivity index (χ2n) is 29.7. The van der Waals surface area contributed by atoms with E-state index in [4.69, 9.17) is 18.9 Å². The number of quaternary nitrogens is 1. The van der Waals surface area contributed by atoms with E-state index in [1.807, 2.05) is 21.1 Å². The zero-order valence-corrected chi connectivity index (χ0v) is 67.7. The Kier molecular flexibility index (Phi) is 78.9. The number of aliphatic carboxylic acids is 1. The van der Waals surface area contributed by atoms with Crippen molar-refractivity contribution in [3.05, 3.63) is 146 Å². The van der Waals surface area contributed by atoms with E-state index in [0.717, 1.165) is 109 Å². The highest BCUT2D eigenvalue weighted by atomic mass is 16.7. The number of hydrogen-bond donors (Lipinski definition) is 0. The molecule has 9 heteroatoms. The van der Waals surface area contributed by atoms with Crippen LogP contribution in [0.5, 0.6) is 0 Å². The SMILES string of the molecule is CC/C=C\C/C=C\C/C=C\C/C=C\C/C=C\C/C=C\C/C=C\CCCCCCCCCCCCCCCCCCCCCC(=O)OC(COC(=O)CCCCCCCCCCCCCCCCCCCCCCC/C=C\C/C=C\C/C=C\C/C=C\C/C=C\CC)COC(OCC[N+](C)(C)C)C(=O)[O-]. The number of allylic oxidation sites excluding steroid dienone is 24. The van der Waals surface area contributed by atoms with Crippen molar-refractivity contribution >= 4 is 17.9 Å². The maximum Gasteiger partial charge on any atom is 0.306 e. The fourth-order valence-electron chi connectivity index (χ4n) is 12.1. The highest BCUT2D eigenvalue weighted by Crippen LogP contribution is 2.19. The van der Waals surface area contributed by atoms with E-state index in [2.05, 4.69) is 160 Å². The number of nitrogens with zero attached hydrogens (tertiary/aromatic N) is 1. The first-order valence-electron chi connectivity index (χ1n) is 43.0. The minimum atomic E-state index is -1.63. The Morgan fingerprint density at radius 1 is 0.291 bits per heavy atom. The molecule has 0 aliphatic rings. The molecule has 0 aromatic heterocycles. The van der Waals surface area contributed by atoms with Gasteiger partial charge in [-0.3, -0.25) is 9.59 Å². The number of rotatable bonds is 79. The van der Waals surface area contributed by atoms with Crippen LogP contribution >= 0.6 is 0 Å². The number of likely N-dealkylation sites (N-methyl/N-ethyl adjacent to an activating group) is 1. The molecule has 0 heterocycles. The molecule has 0 amide bonds. The number of carboxylic acids is 1. The molecule has 9 nitrogen and oxygen atoms in total. The van der Waals surface area contributed by atoms with Crippen LogP contribution in [0.25, 0.3) is 0 Å². The molecule has 0 spiro atoms. The Labute approximate surface area is 636 Å². The highest BCUT2D eigenvalue weighted by Gasteiger charge is 2.22. The number of esters is 2. The van der Waals surface area contributed by atoms with Crippen LogP contribution in [0.2, 0.25) is 0 Å². The summed E-state index contributed by atoms with van der Waals surface area (Å²) in [5.74, 6) is -2.26. The molecule has 0 saturated carbocycles. The van der Waals surface area contributed by atoms with Gasteiger partial charge in [-0.1, -0.05) is 391 Å². The molecule has 0 aromatic rings. The molecule has 0 fully saturated rings. The van der Waals surface area contributed by atoms with Crippen molar-refractivity contribution < 1.29 is 42.9 Å². The number of carbonyl (C=O) groups excluding carboxylic acids is 3. The first-order valence-corrected chi connectivity index (χ1v) is 43.0. The van der Waals surface area contributed by atoms with Gasteiger partial charge >= 0.3 is 11.9 Å². The van der Waals surface area contributed by atoms with Gasteiger partial charge in [0.2, 0.25) is 0 Å². The van der Waals surface area contributed by atoms with Gasteiger partial charge in [0, 0.05) is 12.8 Å². The third-order valence-electron chi connectivity index (χ3n) is 18.6. The van der Waals surface area contributed by atoms with Crippen molar-refractivity contribution in [2.24, 2.45) is 0 Å². The quantitative estimate of drug-likeness (QED) is 0.0195. The van der Waals surface area contributed by atoms with Crippen LogP contribution in [0.15, 0.2) is 146 Å². The third kappa shape index (κ3) is 84.3. The lowest BCUT2D eigenvalue weighted by atomic mass is 10.0. The van der Waals surface area contributed by atoms with Crippen molar-refractivity contribution in [3.63, 3.8) is 0 Å². The third-order valence-corrected chi connectivity index (χ3v) is 18.6. The molecule has 0 bridgehead atoms. The molecule has 0 rings (SSSR count). The summed E-state index contributed by atoms with van der Waals surface area (Å²) in [5.41, 5.74) is 0. The van der Waals surface area contributed by atoms with Crippen LogP contribution in [0.3, 0.4) is 0 Å². The zero-order valence-electron chi connectivity index (χ0n) is 67.7. The first-order chi connectivity index (χ1) is 50.6. The second-order valence-corrected chi connectivity index (χ2v) is 29.7. The molecule has 590 valence electrons. The van der Waals surface area contributed by atoms with Crippen LogP contribution in [0.4, 0.5) is 0 Å². The van der Waals surface area contributed by atoms with Gasteiger partial charge in [0.15, 0.2) is 12.4 Å². The summed E-state index contributed by atoms with van der Waals surface area (Å²) in [7, 11) is 5.95. The average molecular weight is 1430 g/mol. The summed E-state index contributed by atoms with van der Waals surface area (Å²) in [6, 6.07) is 0. The maximum atomic E-state index is 13.0. The van der Waals surface area contributed by atoms with Crippen LogP contribution in [-0.4, -0.2) is 82.3 Å². The van der Waals surface area contributed by atoms with Crippen LogP contribution in [-0.2, 0) is 33.3 Å². The van der Waals surface area contributed by atoms with Crippen molar-refractivity contribution in [2.45, 2.75) is 386 Å². The lowest BCUT2D eigenvalue weighted by Gasteiger charge is -2.26. The molecule has 0 aliphatic heterocycles. The summed E-state index contributed by atoms with van der Waals surface area (Å²) >= 11 is 0. The minimum absolute atomic E-state index is 0.146. The lowest BCUT2D eigenvalue weighted by Crippen LogP contribution is -2.44. The van der Waals surface area contributed by atoms with Crippen molar-refractivity contribution in [1.29, 1.82) is 0 Å². The van der Waals surface area contributed by atoms with E-state index in [1.165, 1.54) is 231 Å². The number of ether oxygens (including phenoxy) is 4. The number of unbranched alkanes of at least 4 members (excludes halogenated alkanes) is 40. The van der Waals surface area contributed by atoms with Gasteiger partial charge in [-0.25, -0.2) is 0 Å². The van der Waals surface area contributed by atoms with E-state index in [0.29, 0.717) is 23.9 Å². The molecule has 103 heavy (non-hydrogen) atoms. The molecule has 0 aromatic carbocycles. The van der Waals surface area contributed by atoms with E-state index in [1.54, 1.807) is 0 Å². The van der Waals surface area contributed by atoms with Gasteiger partial charge in [0.25, 0.3) is 0 Å². The Balaban J connectivity index is 3.97. The van der Waals surface area contributed by atoms with Gasteiger partial charge < -0.3 is 33.3 Å². The van der Waals surface area contributed by atoms with Gasteiger partial charge in [0.05, 0.1) is 40.3 Å². The normalized spacial score (nSPS) is 13.4. The fraction of sp³-hybridized carbons (Fsp3) is 0.713. The average Bonchev–Trinajstić information content (AvgIpc) is 1.01. The Hall–Kier alpha value is -4.83. The summed E-state index contributed by atoms with van der Waals surface area (Å²) in [5, 5.41) is 11.9. The van der Waals surface area contributed by atoms with E-state index < -0.39 is 24.3 Å². The summed E-state index contributed by atoms with van der Waals surface area (Å²) in [6.07, 6.45) is 118. The molecule has 2 unspecified atom stereocenters. The van der Waals surface area contributed by atoms with Gasteiger partial charge in [-0.05, 0) is 116 Å². The Morgan fingerprint density at radius 2 is 0.524 bits per heavy atom. The highest BCUT2D eigenvalue weighted by molar-refractivity contribution is 5.70. The Morgan fingerprint density at radius 3 is 0.777 bits per heavy atom. The van der Waals surface area contributed by atoms with Crippen molar-refractivity contribution in [3.8, 4) is 0 Å². The number of carboxylic acid groups (broad SMARTS) is 1. The lowest BCUT2D eigenvalue weighted by molar-refractivity contribution is -0.870. The zero-order chi connectivity index (χ0) is 74.6. The summed E-state index contributed by atoms with van der Waals surface area (Å²) in [6.45, 7) is 4.56. The minimum Gasteiger partial charge on any atom is -0.545 e. The maximum absolute atomic E-state index is 13.0. The van der Waals surface area contributed by atoms with E-state index in [9.17, 15) is 19.5 Å². The monoisotopic (exact) mass is 1430 g/mol. The fourth-order valence-corrected chi connectivity index (χ4v) is 12.1. The van der Waals surface area contributed by atoms with Gasteiger partial charge in [-0.2, -0.15) is 0 Å². The van der Waals surface area contributed by atoms with Crippen molar-refractivity contribution in [2.75, 3.05) is 47.5 Å². The molecule has 0 radical (unpaired) electrons.